The van der Waals surface area contributed by atoms with Crippen LogP contribution in [0.2, 0.25) is 0 Å². The number of hydrogen-bond acceptors (Lipinski definition) is 5. The minimum atomic E-state index is 0.733. The molecule has 1 unspecified atom stereocenters. The lowest BCUT2D eigenvalue weighted by Gasteiger charge is -2.21. The van der Waals surface area contributed by atoms with Crippen LogP contribution in [0, 0.1) is 0 Å². The van der Waals surface area contributed by atoms with E-state index in [2.05, 4.69) is 45.2 Å². The molecule has 0 radical (unpaired) electrons. The zero-order valence-electron chi connectivity index (χ0n) is 9.40. The van der Waals surface area contributed by atoms with Gasteiger partial charge in [-0.25, -0.2) is 0 Å². The second kappa shape index (κ2) is 6.25. The summed E-state index contributed by atoms with van der Waals surface area (Å²) < 4.78 is 0. The molecule has 1 aliphatic heterocycles. The normalized spacial score (nSPS) is 20.4. The second-order valence-electron chi connectivity index (χ2n) is 3.66. The molecule has 0 spiro atoms. The number of pyridine rings is 1. The molecule has 5 heteroatoms. The average Bonchev–Trinajstić information content (AvgIpc) is 2.38. The largest absolute Gasteiger partial charge is 0.387 e. The van der Waals surface area contributed by atoms with Crippen LogP contribution in [0.5, 0.6) is 0 Å². The van der Waals surface area contributed by atoms with Crippen molar-refractivity contribution in [2.45, 2.75) is 5.25 Å². The van der Waals surface area contributed by atoms with Crippen LogP contribution >= 0.6 is 23.5 Å². The van der Waals surface area contributed by atoms with Gasteiger partial charge in [-0.3, -0.25) is 4.98 Å². The van der Waals surface area contributed by atoms with E-state index < -0.39 is 0 Å². The Morgan fingerprint density at radius 1 is 1.38 bits per heavy atom. The van der Waals surface area contributed by atoms with Gasteiger partial charge in [0.25, 0.3) is 0 Å². The summed E-state index contributed by atoms with van der Waals surface area (Å²) in [6.07, 6.45) is 3.71. The molecule has 2 rings (SSSR count). The van der Waals surface area contributed by atoms with E-state index in [0.29, 0.717) is 0 Å². The Labute approximate surface area is 105 Å². The number of thioether (sulfide) groups is 2. The van der Waals surface area contributed by atoms with Gasteiger partial charge in [0.1, 0.15) is 0 Å². The Balaban J connectivity index is 1.83. The van der Waals surface area contributed by atoms with Crippen LogP contribution in [0.4, 0.5) is 11.4 Å². The van der Waals surface area contributed by atoms with Crippen molar-refractivity contribution in [1.82, 2.24) is 4.98 Å². The highest BCUT2D eigenvalue weighted by Gasteiger charge is 2.13. The van der Waals surface area contributed by atoms with Crippen LogP contribution in [-0.2, 0) is 0 Å². The van der Waals surface area contributed by atoms with Crippen LogP contribution in [0.15, 0.2) is 18.5 Å². The van der Waals surface area contributed by atoms with Crippen molar-refractivity contribution in [3.05, 3.63) is 18.5 Å². The van der Waals surface area contributed by atoms with E-state index in [1.165, 1.54) is 17.3 Å². The van der Waals surface area contributed by atoms with E-state index in [0.717, 1.165) is 23.2 Å². The SMILES string of the molecule is CNc1cncc(NCC2CSCCS2)c1. The quantitative estimate of drug-likeness (QED) is 0.864. The molecule has 0 saturated carbocycles. The predicted molar refractivity (Wildman–Crippen MR) is 75.8 cm³/mol. The van der Waals surface area contributed by atoms with Gasteiger partial charge in [-0.1, -0.05) is 0 Å². The number of aromatic nitrogens is 1. The van der Waals surface area contributed by atoms with Gasteiger partial charge in [0.15, 0.2) is 0 Å². The first kappa shape index (κ1) is 11.9. The second-order valence-corrected chi connectivity index (χ2v) is 6.22. The fourth-order valence-electron chi connectivity index (χ4n) is 1.56. The van der Waals surface area contributed by atoms with Gasteiger partial charge >= 0.3 is 0 Å². The molecule has 1 aromatic heterocycles. The van der Waals surface area contributed by atoms with Crippen LogP contribution in [0.25, 0.3) is 0 Å². The predicted octanol–water partition coefficient (Wildman–Crippen LogP) is 2.38. The van der Waals surface area contributed by atoms with Crippen LogP contribution in [-0.4, -0.2) is 41.1 Å². The fraction of sp³-hybridized carbons (Fsp3) is 0.545. The lowest BCUT2D eigenvalue weighted by molar-refractivity contribution is 1.00. The minimum Gasteiger partial charge on any atom is -0.387 e. The molecule has 1 saturated heterocycles. The molecule has 16 heavy (non-hydrogen) atoms. The van der Waals surface area contributed by atoms with E-state index in [1.54, 1.807) is 0 Å². The zero-order chi connectivity index (χ0) is 11.2. The molecular weight excluding hydrogens is 238 g/mol. The van der Waals surface area contributed by atoms with Crippen molar-refractivity contribution in [2.75, 3.05) is 41.5 Å². The average molecular weight is 255 g/mol. The van der Waals surface area contributed by atoms with E-state index in [9.17, 15) is 0 Å². The third-order valence-corrected chi connectivity index (χ3v) is 5.29. The fourth-order valence-corrected chi connectivity index (χ4v) is 4.17. The molecule has 3 nitrogen and oxygen atoms in total. The van der Waals surface area contributed by atoms with Gasteiger partial charge in [0, 0.05) is 36.1 Å². The number of hydrogen-bond donors (Lipinski definition) is 2. The number of anilines is 2. The minimum absolute atomic E-state index is 0.733. The Hall–Kier alpha value is -0.550. The first-order chi connectivity index (χ1) is 7.88. The highest BCUT2D eigenvalue weighted by molar-refractivity contribution is 8.06. The maximum Gasteiger partial charge on any atom is 0.0547 e. The molecule has 0 aromatic carbocycles. The molecule has 1 aliphatic rings. The van der Waals surface area contributed by atoms with Crippen LogP contribution in [0.1, 0.15) is 0 Å². The maximum atomic E-state index is 4.18. The first-order valence-corrected chi connectivity index (χ1v) is 7.65. The van der Waals surface area contributed by atoms with Gasteiger partial charge < -0.3 is 10.6 Å². The molecular formula is C11H17N3S2. The monoisotopic (exact) mass is 255 g/mol. The third-order valence-electron chi connectivity index (χ3n) is 2.45. The molecule has 2 heterocycles. The molecule has 0 amide bonds. The Morgan fingerprint density at radius 3 is 3.00 bits per heavy atom. The highest BCUT2D eigenvalue weighted by Crippen LogP contribution is 2.24. The molecule has 0 bridgehead atoms. The van der Waals surface area contributed by atoms with Gasteiger partial charge in [-0.2, -0.15) is 23.5 Å². The van der Waals surface area contributed by atoms with E-state index in [4.69, 9.17) is 0 Å². The van der Waals surface area contributed by atoms with Crippen molar-refractivity contribution >= 4 is 34.9 Å². The summed E-state index contributed by atoms with van der Waals surface area (Å²) in [7, 11) is 1.91. The summed E-state index contributed by atoms with van der Waals surface area (Å²) >= 11 is 4.13. The van der Waals surface area contributed by atoms with Crippen molar-refractivity contribution < 1.29 is 0 Å². The molecule has 2 N–H and O–H groups in total. The summed E-state index contributed by atoms with van der Waals surface area (Å²) in [6, 6.07) is 2.09. The smallest absolute Gasteiger partial charge is 0.0547 e. The van der Waals surface area contributed by atoms with Gasteiger partial charge in [0.05, 0.1) is 23.8 Å². The van der Waals surface area contributed by atoms with Crippen molar-refractivity contribution in [2.24, 2.45) is 0 Å². The molecule has 1 atom stereocenters. The Morgan fingerprint density at radius 2 is 2.25 bits per heavy atom. The summed E-state index contributed by atoms with van der Waals surface area (Å²) in [5.74, 6) is 3.85. The van der Waals surface area contributed by atoms with Crippen molar-refractivity contribution in [3.63, 3.8) is 0 Å². The molecule has 0 aliphatic carbocycles. The van der Waals surface area contributed by atoms with E-state index in [-0.39, 0.29) is 0 Å². The number of nitrogens with one attached hydrogen (secondary N) is 2. The number of rotatable bonds is 4. The summed E-state index contributed by atoms with van der Waals surface area (Å²) in [5.41, 5.74) is 2.15. The molecule has 88 valence electrons. The van der Waals surface area contributed by atoms with Gasteiger partial charge in [-0.15, -0.1) is 0 Å². The third kappa shape index (κ3) is 3.49. The Bertz CT molecular complexity index is 327. The standard InChI is InChI=1S/C11H17N3S2/c1-12-9-4-10(6-13-5-9)14-7-11-8-15-2-3-16-11/h4-6,11-12,14H,2-3,7-8H2,1H3. The Kier molecular flexibility index (Phi) is 4.66. The van der Waals surface area contributed by atoms with E-state index in [1.807, 2.05) is 19.4 Å². The zero-order valence-corrected chi connectivity index (χ0v) is 11.0. The first-order valence-electron chi connectivity index (χ1n) is 5.44. The van der Waals surface area contributed by atoms with Crippen LogP contribution < -0.4 is 10.6 Å². The van der Waals surface area contributed by atoms with Crippen LogP contribution in [0.3, 0.4) is 0 Å². The number of nitrogens with zero attached hydrogens (tertiary/aromatic N) is 1. The highest BCUT2D eigenvalue weighted by atomic mass is 32.2. The summed E-state index contributed by atoms with van der Waals surface area (Å²) in [5, 5.41) is 7.28. The van der Waals surface area contributed by atoms with Crippen molar-refractivity contribution in [1.29, 1.82) is 0 Å². The van der Waals surface area contributed by atoms with Gasteiger partial charge in [0.2, 0.25) is 0 Å². The van der Waals surface area contributed by atoms with Crippen molar-refractivity contribution in [3.8, 4) is 0 Å². The maximum absolute atomic E-state index is 4.18. The molecule has 1 fully saturated rings. The summed E-state index contributed by atoms with van der Waals surface area (Å²) in [4.78, 5) is 4.18. The summed E-state index contributed by atoms with van der Waals surface area (Å²) in [6.45, 7) is 1.03. The van der Waals surface area contributed by atoms with E-state index >= 15 is 0 Å². The molecule has 1 aromatic rings. The lowest BCUT2D eigenvalue weighted by atomic mass is 10.3. The topological polar surface area (TPSA) is 37.0 Å². The lowest BCUT2D eigenvalue weighted by Crippen LogP contribution is -2.23. The van der Waals surface area contributed by atoms with Gasteiger partial charge in [-0.05, 0) is 6.07 Å².